The van der Waals surface area contributed by atoms with Crippen molar-refractivity contribution in [1.82, 2.24) is 14.8 Å². The molecular weight excluding hydrogens is 480 g/mol. The van der Waals surface area contributed by atoms with Crippen LogP contribution < -0.4 is 0 Å². The zero-order valence-electron chi connectivity index (χ0n) is 22.1. The number of esters is 1. The standard InChI is InChI=1S/C30H32N4O4/c1-5-34(18-17-33(2)3)29(36)21-11-14-23(15-12-21)31-27(20-9-7-6-8-10-20)26-24-16-13-22(30(37)38-4)19-25(24)32-28(26)35/h6-16,19,32,35H,5,17-18H2,1-4H3. The largest absolute Gasteiger partial charge is 0.494 e. The van der Waals surface area contributed by atoms with Crippen LogP contribution in [0.3, 0.4) is 0 Å². The number of ether oxygens (including phenoxy) is 1. The minimum atomic E-state index is -0.461. The number of nitrogens with zero attached hydrogens (tertiary/aromatic N) is 3. The number of methoxy groups -OCH3 is 1. The highest BCUT2D eigenvalue weighted by Gasteiger charge is 2.20. The molecule has 4 aromatic rings. The molecule has 38 heavy (non-hydrogen) atoms. The number of likely N-dealkylation sites (N-methyl/N-ethyl adjacent to an activating group) is 2. The number of carbonyl (C=O) groups is 2. The molecule has 8 heteroatoms. The SMILES string of the molecule is CCN(CCN(C)C)C(=O)c1ccc(N=C(c2ccccc2)c2c(O)[nH]c3cc(C(=O)OC)ccc23)cc1. The van der Waals surface area contributed by atoms with Crippen LogP contribution in [0.5, 0.6) is 5.88 Å². The van der Waals surface area contributed by atoms with Crippen molar-refractivity contribution in [2.45, 2.75) is 6.92 Å². The molecule has 0 aliphatic heterocycles. The van der Waals surface area contributed by atoms with Gasteiger partial charge < -0.3 is 24.6 Å². The summed E-state index contributed by atoms with van der Waals surface area (Å²) in [5, 5.41) is 11.6. The highest BCUT2D eigenvalue weighted by atomic mass is 16.5. The number of carbonyl (C=O) groups excluding carboxylic acids is 2. The van der Waals surface area contributed by atoms with Gasteiger partial charge in [-0.1, -0.05) is 36.4 Å². The Morgan fingerprint density at radius 3 is 2.24 bits per heavy atom. The van der Waals surface area contributed by atoms with Gasteiger partial charge in [0.05, 0.1) is 29.6 Å². The Balaban J connectivity index is 1.73. The van der Waals surface area contributed by atoms with E-state index in [4.69, 9.17) is 9.73 Å². The van der Waals surface area contributed by atoms with E-state index in [9.17, 15) is 14.7 Å². The molecule has 0 atom stereocenters. The lowest BCUT2D eigenvalue weighted by atomic mass is 10.00. The van der Waals surface area contributed by atoms with Crippen LogP contribution in [0.4, 0.5) is 5.69 Å². The first-order valence-electron chi connectivity index (χ1n) is 12.4. The van der Waals surface area contributed by atoms with Gasteiger partial charge in [-0.05, 0) is 57.4 Å². The summed E-state index contributed by atoms with van der Waals surface area (Å²) in [4.78, 5) is 36.7. The number of hydrogen-bond donors (Lipinski definition) is 2. The minimum Gasteiger partial charge on any atom is -0.494 e. The number of rotatable bonds is 9. The molecule has 8 nitrogen and oxygen atoms in total. The summed E-state index contributed by atoms with van der Waals surface area (Å²) in [6, 6.07) is 21.8. The van der Waals surface area contributed by atoms with Crippen molar-refractivity contribution in [2.75, 3.05) is 40.8 Å². The Morgan fingerprint density at radius 1 is 0.921 bits per heavy atom. The molecule has 0 saturated carbocycles. The van der Waals surface area contributed by atoms with E-state index in [-0.39, 0.29) is 11.8 Å². The molecule has 0 bridgehead atoms. The fourth-order valence-electron chi connectivity index (χ4n) is 4.24. The summed E-state index contributed by atoms with van der Waals surface area (Å²) in [7, 11) is 5.30. The summed E-state index contributed by atoms with van der Waals surface area (Å²) in [6.45, 7) is 4.04. The van der Waals surface area contributed by atoms with Gasteiger partial charge in [0.15, 0.2) is 5.88 Å². The van der Waals surface area contributed by atoms with Crippen molar-refractivity contribution >= 4 is 34.2 Å². The Labute approximate surface area is 222 Å². The van der Waals surface area contributed by atoms with Gasteiger partial charge in [0, 0.05) is 41.7 Å². The normalized spacial score (nSPS) is 11.7. The van der Waals surface area contributed by atoms with Gasteiger partial charge in [0.25, 0.3) is 5.91 Å². The average Bonchev–Trinajstić information content (AvgIpc) is 3.26. The maximum atomic E-state index is 13.0. The van der Waals surface area contributed by atoms with Gasteiger partial charge in [0.1, 0.15) is 0 Å². The van der Waals surface area contributed by atoms with Gasteiger partial charge in [-0.2, -0.15) is 0 Å². The molecule has 1 aromatic heterocycles. The number of H-pyrrole nitrogens is 1. The van der Waals surface area contributed by atoms with E-state index >= 15 is 0 Å². The van der Waals surface area contributed by atoms with E-state index in [2.05, 4.69) is 9.88 Å². The first kappa shape index (κ1) is 26.6. The van der Waals surface area contributed by atoms with Crippen LogP contribution in [0, 0.1) is 0 Å². The summed E-state index contributed by atoms with van der Waals surface area (Å²) >= 11 is 0. The van der Waals surface area contributed by atoms with Crippen LogP contribution in [0.1, 0.15) is 38.8 Å². The average molecular weight is 513 g/mol. The van der Waals surface area contributed by atoms with E-state index in [1.807, 2.05) is 56.3 Å². The third kappa shape index (κ3) is 5.76. The van der Waals surface area contributed by atoms with E-state index in [1.165, 1.54) is 7.11 Å². The van der Waals surface area contributed by atoms with Gasteiger partial charge in [0.2, 0.25) is 0 Å². The number of amides is 1. The molecule has 0 radical (unpaired) electrons. The molecular formula is C30H32N4O4. The Bertz CT molecular complexity index is 1460. The number of benzene rings is 3. The summed E-state index contributed by atoms with van der Waals surface area (Å²) in [5.74, 6) is -0.544. The topological polar surface area (TPSA) is 98.2 Å². The second kappa shape index (κ2) is 11.7. The first-order valence-corrected chi connectivity index (χ1v) is 12.4. The summed E-state index contributed by atoms with van der Waals surface area (Å²) in [6.07, 6.45) is 0. The lowest BCUT2D eigenvalue weighted by Crippen LogP contribution is -2.36. The number of aliphatic imine (C=N–C) groups is 1. The number of nitrogens with one attached hydrogen (secondary N) is 1. The van der Waals surface area contributed by atoms with Crippen LogP contribution in [0.15, 0.2) is 77.8 Å². The number of fused-ring (bicyclic) bond motifs is 1. The van der Waals surface area contributed by atoms with Crippen LogP contribution >= 0.6 is 0 Å². The third-order valence-corrected chi connectivity index (χ3v) is 6.33. The van der Waals surface area contributed by atoms with Gasteiger partial charge in [-0.15, -0.1) is 0 Å². The molecule has 3 aromatic carbocycles. The van der Waals surface area contributed by atoms with E-state index in [0.29, 0.717) is 52.1 Å². The molecule has 0 saturated heterocycles. The van der Waals surface area contributed by atoms with Gasteiger partial charge in [-0.3, -0.25) is 4.79 Å². The maximum absolute atomic E-state index is 13.0. The number of aromatic nitrogens is 1. The quantitative estimate of drug-likeness (QED) is 0.247. The molecule has 1 heterocycles. The number of aromatic hydroxyl groups is 1. The van der Waals surface area contributed by atoms with Crippen LogP contribution in [-0.4, -0.2) is 78.3 Å². The zero-order chi connectivity index (χ0) is 27.2. The van der Waals surface area contributed by atoms with Crippen LogP contribution in [0.25, 0.3) is 10.9 Å². The molecule has 1 amide bonds. The highest BCUT2D eigenvalue weighted by molar-refractivity contribution is 6.22. The Kier molecular flexibility index (Phi) is 8.23. The summed E-state index contributed by atoms with van der Waals surface area (Å²) in [5.41, 5.74) is 4.07. The number of hydrogen-bond acceptors (Lipinski definition) is 6. The predicted molar refractivity (Wildman–Crippen MR) is 150 cm³/mol. The minimum absolute atomic E-state index is 0.0242. The molecule has 0 aliphatic carbocycles. The smallest absolute Gasteiger partial charge is 0.337 e. The first-order chi connectivity index (χ1) is 18.3. The molecule has 196 valence electrons. The van der Waals surface area contributed by atoms with Crippen molar-refractivity contribution in [3.8, 4) is 5.88 Å². The molecule has 2 N–H and O–H groups in total. The molecule has 0 spiro atoms. The fraction of sp³-hybridized carbons (Fsp3) is 0.233. The second-order valence-electron chi connectivity index (χ2n) is 9.16. The van der Waals surface area contributed by atoms with E-state index in [0.717, 1.165) is 12.1 Å². The fourth-order valence-corrected chi connectivity index (χ4v) is 4.24. The van der Waals surface area contributed by atoms with Crippen LogP contribution in [-0.2, 0) is 4.74 Å². The van der Waals surface area contributed by atoms with Crippen molar-refractivity contribution in [1.29, 1.82) is 0 Å². The third-order valence-electron chi connectivity index (χ3n) is 6.33. The number of aromatic amines is 1. The summed E-state index contributed by atoms with van der Waals surface area (Å²) < 4.78 is 4.82. The Hall–Kier alpha value is -4.43. The van der Waals surface area contributed by atoms with E-state index < -0.39 is 5.97 Å². The van der Waals surface area contributed by atoms with Crippen molar-refractivity contribution in [3.63, 3.8) is 0 Å². The molecule has 0 aliphatic rings. The van der Waals surface area contributed by atoms with Crippen molar-refractivity contribution in [2.24, 2.45) is 4.99 Å². The van der Waals surface area contributed by atoms with Crippen LogP contribution in [0.2, 0.25) is 0 Å². The van der Waals surface area contributed by atoms with Crippen molar-refractivity contribution < 1.29 is 19.4 Å². The molecule has 4 rings (SSSR count). The molecule has 0 fully saturated rings. The lowest BCUT2D eigenvalue weighted by molar-refractivity contribution is 0.0600. The highest BCUT2D eigenvalue weighted by Crippen LogP contribution is 2.32. The second-order valence-corrected chi connectivity index (χ2v) is 9.16. The maximum Gasteiger partial charge on any atom is 0.337 e. The Morgan fingerprint density at radius 2 is 1.61 bits per heavy atom. The lowest BCUT2D eigenvalue weighted by Gasteiger charge is -2.23. The zero-order valence-corrected chi connectivity index (χ0v) is 22.1. The van der Waals surface area contributed by atoms with Gasteiger partial charge in [-0.25, -0.2) is 9.79 Å². The molecule has 0 unspecified atom stereocenters. The predicted octanol–water partition coefficient (Wildman–Crippen LogP) is 4.85. The van der Waals surface area contributed by atoms with Crippen molar-refractivity contribution in [3.05, 3.63) is 95.1 Å². The van der Waals surface area contributed by atoms with E-state index in [1.54, 1.807) is 42.5 Å². The monoisotopic (exact) mass is 512 g/mol. The van der Waals surface area contributed by atoms with Gasteiger partial charge >= 0.3 is 5.97 Å².